The third-order valence-electron chi connectivity index (χ3n) is 5.04. The fraction of sp³-hybridized carbons (Fsp3) is 0.167. The summed E-state index contributed by atoms with van der Waals surface area (Å²) in [7, 11) is -3.50. The van der Waals surface area contributed by atoms with Gasteiger partial charge < -0.3 is 5.32 Å². The maximum absolute atomic E-state index is 12.8. The molecule has 1 amide bonds. The average molecular weight is 435 g/mol. The van der Waals surface area contributed by atoms with Crippen LogP contribution in [0.5, 0.6) is 0 Å². The average Bonchev–Trinajstić information content (AvgIpc) is 3.61. The number of carbonyl (C=O) groups excluding carboxylic acids is 2. The Hall–Kier alpha value is -3.29. The molecule has 0 saturated heterocycles. The molecule has 1 aliphatic rings. The summed E-state index contributed by atoms with van der Waals surface area (Å²) in [6, 6.07) is 21.9. The van der Waals surface area contributed by atoms with E-state index in [4.69, 9.17) is 0 Å². The first-order valence-corrected chi connectivity index (χ1v) is 11.5. The fourth-order valence-electron chi connectivity index (χ4n) is 3.18. The number of hydrogen-bond acceptors (Lipinski definition) is 4. The molecule has 0 unspecified atom stereocenters. The highest BCUT2D eigenvalue weighted by molar-refractivity contribution is 7.89. The van der Waals surface area contributed by atoms with Crippen molar-refractivity contribution in [3.8, 4) is 0 Å². The number of amides is 1. The zero-order chi connectivity index (χ0) is 21.8. The van der Waals surface area contributed by atoms with Crippen LogP contribution in [0.4, 0.5) is 0 Å². The Labute approximate surface area is 181 Å². The Balaban J connectivity index is 1.44. The molecule has 0 heterocycles. The van der Waals surface area contributed by atoms with E-state index in [0.717, 1.165) is 18.4 Å². The van der Waals surface area contributed by atoms with Gasteiger partial charge in [-0.3, -0.25) is 9.59 Å². The summed E-state index contributed by atoms with van der Waals surface area (Å²) in [6.45, 7) is 0.211. The van der Waals surface area contributed by atoms with E-state index in [1.807, 2.05) is 6.07 Å². The Morgan fingerprint density at radius 1 is 0.806 bits per heavy atom. The second-order valence-corrected chi connectivity index (χ2v) is 9.18. The van der Waals surface area contributed by atoms with Crippen molar-refractivity contribution in [3.63, 3.8) is 0 Å². The predicted octanol–water partition coefficient (Wildman–Crippen LogP) is 3.29. The standard InChI is InChI=1S/C24H22N2O4S/c27-23(18-6-2-1-3-7-18)21-8-4-5-9-22(21)24(28)25-16-17-10-14-20(15-11-17)31(29,30)26-19-12-13-19/h1-11,14-15,19,26H,12-13,16H2,(H,25,28). The number of ketones is 1. The van der Waals surface area contributed by atoms with Crippen molar-refractivity contribution in [3.05, 3.63) is 101 Å². The Morgan fingerprint density at radius 3 is 2.06 bits per heavy atom. The van der Waals surface area contributed by atoms with E-state index < -0.39 is 10.0 Å². The Morgan fingerprint density at radius 2 is 1.42 bits per heavy atom. The van der Waals surface area contributed by atoms with Gasteiger partial charge in [-0.2, -0.15) is 0 Å². The highest BCUT2D eigenvalue weighted by atomic mass is 32.2. The van der Waals surface area contributed by atoms with Gasteiger partial charge >= 0.3 is 0 Å². The normalized spacial score (nSPS) is 13.5. The number of nitrogens with one attached hydrogen (secondary N) is 2. The summed E-state index contributed by atoms with van der Waals surface area (Å²) in [5, 5.41) is 2.81. The molecule has 1 aliphatic carbocycles. The van der Waals surface area contributed by atoms with Crippen LogP contribution in [0.3, 0.4) is 0 Å². The lowest BCUT2D eigenvalue weighted by molar-refractivity contribution is 0.0939. The van der Waals surface area contributed by atoms with Gasteiger partial charge in [-0.05, 0) is 36.6 Å². The Bertz CT molecular complexity index is 1200. The van der Waals surface area contributed by atoms with Crippen LogP contribution in [0, 0.1) is 0 Å². The van der Waals surface area contributed by atoms with Gasteiger partial charge in [0.15, 0.2) is 5.78 Å². The van der Waals surface area contributed by atoms with E-state index in [-0.39, 0.29) is 29.2 Å². The Kier molecular flexibility index (Phi) is 5.97. The molecule has 3 aromatic rings. The second kappa shape index (κ2) is 8.83. The van der Waals surface area contributed by atoms with Crippen molar-refractivity contribution in [1.29, 1.82) is 0 Å². The minimum atomic E-state index is -3.50. The molecule has 1 fully saturated rings. The van der Waals surface area contributed by atoms with Gasteiger partial charge in [-0.1, -0.05) is 60.7 Å². The molecule has 1 saturated carbocycles. The van der Waals surface area contributed by atoms with Crippen LogP contribution in [-0.2, 0) is 16.6 Å². The fourth-order valence-corrected chi connectivity index (χ4v) is 4.48. The van der Waals surface area contributed by atoms with Gasteiger partial charge in [-0.15, -0.1) is 0 Å². The molecular formula is C24H22N2O4S. The first-order valence-electron chi connectivity index (χ1n) is 10.0. The molecule has 158 valence electrons. The van der Waals surface area contributed by atoms with Crippen LogP contribution in [0.2, 0.25) is 0 Å². The SMILES string of the molecule is O=C(NCc1ccc(S(=O)(=O)NC2CC2)cc1)c1ccccc1C(=O)c1ccccc1. The topological polar surface area (TPSA) is 92.3 Å². The number of hydrogen-bond donors (Lipinski definition) is 2. The maximum Gasteiger partial charge on any atom is 0.252 e. The minimum Gasteiger partial charge on any atom is -0.348 e. The van der Waals surface area contributed by atoms with Crippen molar-refractivity contribution in [2.24, 2.45) is 0 Å². The zero-order valence-corrected chi connectivity index (χ0v) is 17.6. The second-order valence-electron chi connectivity index (χ2n) is 7.46. The lowest BCUT2D eigenvalue weighted by atomic mass is 9.98. The van der Waals surface area contributed by atoms with Crippen LogP contribution in [0.25, 0.3) is 0 Å². The highest BCUT2D eigenvalue weighted by Gasteiger charge is 2.27. The molecule has 0 bridgehead atoms. The highest BCUT2D eigenvalue weighted by Crippen LogP contribution is 2.22. The number of benzene rings is 3. The molecule has 0 aliphatic heterocycles. The lowest BCUT2D eigenvalue weighted by Crippen LogP contribution is -2.26. The van der Waals surface area contributed by atoms with E-state index in [0.29, 0.717) is 16.7 Å². The van der Waals surface area contributed by atoms with Crippen LogP contribution >= 0.6 is 0 Å². The van der Waals surface area contributed by atoms with Crippen LogP contribution in [0.1, 0.15) is 44.7 Å². The van der Waals surface area contributed by atoms with E-state index in [9.17, 15) is 18.0 Å². The van der Waals surface area contributed by atoms with Crippen LogP contribution in [-0.4, -0.2) is 26.2 Å². The smallest absolute Gasteiger partial charge is 0.252 e. The van der Waals surface area contributed by atoms with Gasteiger partial charge in [-0.25, -0.2) is 13.1 Å². The number of sulfonamides is 1. The first-order chi connectivity index (χ1) is 14.9. The summed E-state index contributed by atoms with van der Waals surface area (Å²) in [6.07, 6.45) is 1.75. The summed E-state index contributed by atoms with van der Waals surface area (Å²) >= 11 is 0. The van der Waals surface area contributed by atoms with Crippen LogP contribution in [0.15, 0.2) is 83.8 Å². The molecule has 7 heteroatoms. The van der Waals surface area contributed by atoms with Crippen molar-refractivity contribution in [2.45, 2.75) is 30.3 Å². The van der Waals surface area contributed by atoms with Crippen molar-refractivity contribution >= 4 is 21.7 Å². The molecule has 3 aromatic carbocycles. The molecule has 0 spiro atoms. The van der Waals surface area contributed by atoms with E-state index in [1.165, 1.54) is 12.1 Å². The third-order valence-corrected chi connectivity index (χ3v) is 6.57. The predicted molar refractivity (Wildman–Crippen MR) is 117 cm³/mol. The number of rotatable bonds is 8. The van der Waals surface area contributed by atoms with Gasteiger partial charge in [0.2, 0.25) is 10.0 Å². The van der Waals surface area contributed by atoms with Gasteiger partial charge in [0.05, 0.1) is 10.5 Å². The summed E-state index contributed by atoms with van der Waals surface area (Å²) in [5.41, 5.74) is 1.90. The molecule has 2 N–H and O–H groups in total. The van der Waals surface area contributed by atoms with E-state index >= 15 is 0 Å². The zero-order valence-electron chi connectivity index (χ0n) is 16.7. The molecule has 0 aromatic heterocycles. The van der Waals surface area contributed by atoms with E-state index in [2.05, 4.69) is 10.0 Å². The first kappa shape index (κ1) is 21.0. The largest absolute Gasteiger partial charge is 0.348 e. The van der Waals surface area contributed by atoms with Gasteiger partial charge in [0, 0.05) is 23.7 Å². The molecule has 31 heavy (non-hydrogen) atoms. The van der Waals surface area contributed by atoms with Gasteiger partial charge in [0.1, 0.15) is 0 Å². The van der Waals surface area contributed by atoms with Crippen molar-refractivity contribution in [2.75, 3.05) is 0 Å². The maximum atomic E-state index is 12.8. The monoisotopic (exact) mass is 434 g/mol. The molecule has 4 rings (SSSR count). The van der Waals surface area contributed by atoms with Gasteiger partial charge in [0.25, 0.3) is 5.91 Å². The number of carbonyl (C=O) groups is 2. The summed E-state index contributed by atoms with van der Waals surface area (Å²) in [4.78, 5) is 25.8. The summed E-state index contributed by atoms with van der Waals surface area (Å²) in [5.74, 6) is -0.587. The third kappa shape index (κ3) is 5.07. The van der Waals surface area contributed by atoms with Crippen molar-refractivity contribution < 1.29 is 18.0 Å². The van der Waals surface area contributed by atoms with Crippen LogP contribution < -0.4 is 10.0 Å². The summed E-state index contributed by atoms with van der Waals surface area (Å²) < 4.78 is 27.1. The molecule has 6 nitrogen and oxygen atoms in total. The quantitative estimate of drug-likeness (QED) is 0.532. The molecular weight excluding hydrogens is 412 g/mol. The lowest BCUT2D eigenvalue weighted by Gasteiger charge is -2.10. The minimum absolute atomic E-state index is 0.0441. The van der Waals surface area contributed by atoms with E-state index in [1.54, 1.807) is 60.7 Å². The molecule has 0 radical (unpaired) electrons. The molecule has 0 atom stereocenters. The van der Waals surface area contributed by atoms with Crippen molar-refractivity contribution in [1.82, 2.24) is 10.0 Å².